The molecule has 0 heterocycles. The Kier molecular flexibility index (Phi) is 4.93. The number of rotatable bonds is 7. The van der Waals surface area contributed by atoms with Crippen molar-refractivity contribution < 1.29 is 5.11 Å². The van der Waals surface area contributed by atoms with Crippen LogP contribution in [0, 0.1) is 6.92 Å². The highest BCUT2D eigenvalue weighted by Gasteiger charge is 2.33. The van der Waals surface area contributed by atoms with Crippen molar-refractivity contribution in [2.45, 2.75) is 61.8 Å². The molecule has 106 valence electrons. The predicted molar refractivity (Wildman–Crippen MR) is 82.8 cm³/mol. The van der Waals surface area contributed by atoms with Crippen molar-refractivity contribution in [3.8, 4) is 0 Å². The molecule has 0 spiro atoms. The van der Waals surface area contributed by atoms with Gasteiger partial charge in [-0.25, -0.2) is 0 Å². The zero-order chi connectivity index (χ0) is 13.9. The molecule has 1 aliphatic carbocycles. The summed E-state index contributed by atoms with van der Waals surface area (Å²) in [6, 6.07) is 9.14. The van der Waals surface area contributed by atoms with E-state index >= 15 is 0 Å². The maximum absolute atomic E-state index is 9.66. The van der Waals surface area contributed by atoms with E-state index in [1.54, 1.807) is 0 Å². The number of aryl methyl sites for hydroxylation is 1. The lowest BCUT2D eigenvalue weighted by molar-refractivity contribution is 0.164. The number of hydrogen-bond acceptors (Lipinski definition) is 3. The van der Waals surface area contributed by atoms with Gasteiger partial charge in [-0.3, -0.25) is 0 Å². The number of aliphatic hydroxyl groups is 1. The molecule has 1 saturated carbocycles. The minimum Gasteiger partial charge on any atom is -0.394 e. The van der Waals surface area contributed by atoms with E-state index in [2.05, 4.69) is 50.4 Å². The maximum atomic E-state index is 9.66. The molecule has 0 aliphatic heterocycles. The number of thioether (sulfide) groups is 1. The molecule has 2 N–H and O–H groups in total. The van der Waals surface area contributed by atoms with Crippen LogP contribution in [0.25, 0.3) is 0 Å². The van der Waals surface area contributed by atoms with Crippen LogP contribution in [0.1, 0.15) is 38.7 Å². The average Bonchev–Trinajstić information content (AvgIpc) is 3.15. The molecule has 3 heteroatoms. The van der Waals surface area contributed by atoms with E-state index in [9.17, 15) is 5.11 Å². The van der Waals surface area contributed by atoms with Gasteiger partial charge in [0.15, 0.2) is 0 Å². The molecule has 2 rings (SSSR count). The van der Waals surface area contributed by atoms with Crippen LogP contribution in [-0.2, 0) is 0 Å². The van der Waals surface area contributed by atoms with E-state index in [-0.39, 0.29) is 12.1 Å². The fourth-order valence-corrected chi connectivity index (χ4v) is 3.77. The van der Waals surface area contributed by atoms with E-state index in [1.807, 2.05) is 11.8 Å². The van der Waals surface area contributed by atoms with Crippen molar-refractivity contribution in [2.24, 2.45) is 0 Å². The summed E-state index contributed by atoms with van der Waals surface area (Å²) in [6.07, 6.45) is 3.50. The van der Waals surface area contributed by atoms with Crippen LogP contribution >= 0.6 is 11.8 Å². The molecule has 1 fully saturated rings. The SMILES string of the molecule is Cc1ccccc1SC(C)CC(C)(CO)NC1CC1. The first-order chi connectivity index (χ1) is 9.02. The van der Waals surface area contributed by atoms with E-state index in [1.165, 1.54) is 23.3 Å². The maximum Gasteiger partial charge on any atom is 0.0611 e. The number of nitrogens with one attached hydrogen (secondary N) is 1. The van der Waals surface area contributed by atoms with E-state index < -0.39 is 0 Å². The van der Waals surface area contributed by atoms with Gasteiger partial charge in [-0.05, 0) is 44.7 Å². The summed E-state index contributed by atoms with van der Waals surface area (Å²) in [6.45, 7) is 6.75. The van der Waals surface area contributed by atoms with Crippen molar-refractivity contribution >= 4 is 11.8 Å². The molecule has 19 heavy (non-hydrogen) atoms. The van der Waals surface area contributed by atoms with Gasteiger partial charge in [-0.15, -0.1) is 11.8 Å². The minimum absolute atomic E-state index is 0.143. The standard InChI is InChI=1S/C16H25NOS/c1-12-6-4-5-7-15(12)19-13(2)10-16(3,11-18)17-14-8-9-14/h4-7,13-14,17-18H,8-11H2,1-3H3. The molecule has 1 aromatic carbocycles. The van der Waals surface area contributed by atoms with Gasteiger partial charge in [0.2, 0.25) is 0 Å². The van der Waals surface area contributed by atoms with Crippen molar-refractivity contribution in [3.05, 3.63) is 29.8 Å². The third-order valence-corrected chi connectivity index (χ3v) is 4.92. The van der Waals surface area contributed by atoms with Crippen LogP contribution in [0.5, 0.6) is 0 Å². The van der Waals surface area contributed by atoms with Crippen LogP contribution in [0.3, 0.4) is 0 Å². The highest BCUT2D eigenvalue weighted by Crippen LogP contribution is 2.32. The average molecular weight is 279 g/mol. The van der Waals surface area contributed by atoms with Gasteiger partial charge in [0.05, 0.1) is 6.61 Å². The second-order valence-electron chi connectivity index (χ2n) is 6.04. The number of aliphatic hydroxyl groups excluding tert-OH is 1. The van der Waals surface area contributed by atoms with Gasteiger partial charge >= 0.3 is 0 Å². The summed E-state index contributed by atoms with van der Waals surface area (Å²) in [7, 11) is 0. The van der Waals surface area contributed by atoms with Crippen LogP contribution in [0.2, 0.25) is 0 Å². The zero-order valence-corrected chi connectivity index (χ0v) is 13.0. The smallest absolute Gasteiger partial charge is 0.0611 e. The first kappa shape index (κ1) is 14.9. The van der Waals surface area contributed by atoms with Gasteiger partial charge in [0.25, 0.3) is 0 Å². The first-order valence-corrected chi connectivity index (χ1v) is 8.01. The lowest BCUT2D eigenvalue weighted by atomic mass is 9.97. The lowest BCUT2D eigenvalue weighted by Gasteiger charge is -2.31. The van der Waals surface area contributed by atoms with Crippen LogP contribution in [0.15, 0.2) is 29.2 Å². The number of hydrogen-bond donors (Lipinski definition) is 2. The highest BCUT2D eigenvalue weighted by molar-refractivity contribution is 8.00. The number of benzene rings is 1. The predicted octanol–water partition coefficient (Wildman–Crippen LogP) is 3.37. The van der Waals surface area contributed by atoms with Crippen molar-refractivity contribution in [1.82, 2.24) is 5.32 Å². The summed E-state index contributed by atoms with van der Waals surface area (Å²) >= 11 is 1.91. The van der Waals surface area contributed by atoms with Crippen LogP contribution < -0.4 is 5.32 Å². The Morgan fingerprint density at radius 3 is 2.68 bits per heavy atom. The first-order valence-electron chi connectivity index (χ1n) is 7.13. The summed E-state index contributed by atoms with van der Waals surface area (Å²) in [4.78, 5) is 1.35. The molecule has 0 saturated heterocycles. The van der Waals surface area contributed by atoms with Gasteiger partial charge in [-0.1, -0.05) is 25.1 Å². The van der Waals surface area contributed by atoms with E-state index in [0.29, 0.717) is 11.3 Å². The van der Waals surface area contributed by atoms with E-state index in [0.717, 1.165) is 6.42 Å². The zero-order valence-electron chi connectivity index (χ0n) is 12.1. The monoisotopic (exact) mass is 279 g/mol. The third-order valence-electron chi connectivity index (χ3n) is 3.64. The molecule has 0 aromatic heterocycles. The second kappa shape index (κ2) is 6.29. The molecule has 0 bridgehead atoms. The molecule has 0 amide bonds. The van der Waals surface area contributed by atoms with Gasteiger partial charge in [-0.2, -0.15) is 0 Å². The quantitative estimate of drug-likeness (QED) is 0.751. The lowest BCUT2D eigenvalue weighted by Crippen LogP contribution is -2.48. The molecule has 1 aromatic rings. The Hall–Kier alpha value is -0.510. The minimum atomic E-state index is -0.143. The molecular formula is C16H25NOS. The summed E-state index contributed by atoms with van der Waals surface area (Å²) in [5.74, 6) is 0. The van der Waals surface area contributed by atoms with Crippen molar-refractivity contribution in [1.29, 1.82) is 0 Å². The Balaban J connectivity index is 1.92. The third kappa shape index (κ3) is 4.51. The normalized spacial score (nSPS) is 20.0. The largest absolute Gasteiger partial charge is 0.394 e. The summed E-state index contributed by atoms with van der Waals surface area (Å²) in [5, 5.41) is 13.7. The van der Waals surface area contributed by atoms with Gasteiger partial charge in [0.1, 0.15) is 0 Å². The van der Waals surface area contributed by atoms with Crippen molar-refractivity contribution in [3.63, 3.8) is 0 Å². The Morgan fingerprint density at radius 2 is 2.11 bits per heavy atom. The fraction of sp³-hybridized carbons (Fsp3) is 0.625. The topological polar surface area (TPSA) is 32.3 Å². The molecule has 0 radical (unpaired) electrons. The highest BCUT2D eigenvalue weighted by atomic mass is 32.2. The molecule has 2 atom stereocenters. The summed E-state index contributed by atoms with van der Waals surface area (Å²) < 4.78 is 0. The van der Waals surface area contributed by atoms with Crippen LogP contribution in [-0.4, -0.2) is 28.5 Å². The molecule has 1 aliphatic rings. The molecular weight excluding hydrogens is 254 g/mol. The summed E-state index contributed by atoms with van der Waals surface area (Å²) in [5.41, 5.74) is 1.19. The van der Waals surface area contributed by atoms with Gasteiger partial charge in [0, 0.05) is 21.7 Å². The Labute approximate surface area is 121 Å². The second-order valence-corrected chi connectivity index (χ2v) is 7.52. The van der Waals surface area contributed by atoms with E-state index in [4.69, 9.17) is 0 Å². The fourth-order valence-electron chi connectivity index (χ4n) is 2.47. The molecule has 2 unspecified atom stereocenters. The van der Waals surface area contributed by atoms with Crippen LogP contribution in [0.4, 0.5) is 0 Å². The Morgan fingerprint density at radius 1 is 1.42 bits per heavy atom. The van der Waals surface area contributed by atoms with Crippen molar-refractivity contribution in [2.75, 3.05) is 6.61 Å². The van der Waals surface area contributed by atoms with Gasteiger partial charge < -0.3 is 10.4 Å². The Bertz CT molecular complexity index is 419. The molecule has 2 nitrogen and oxygen atoms in total.